The largest absolute Gasteiger partial charge is 0.273 e. The Balaban J connectivity index is 2.56. The highest BCUT2D eigenvalue weighted by Crippen LogP contribution is 2.31. The maximum Gasteiger partial charge on any atom is 0.273 e. The lowest BCUT2D eigenvalue weighted by Crippen LogP contribution is -2.27. The molecule has 0 saturated carbocycles. The zero-order valence-corrected chi connectivity index (χ0v) is 14.4. The molecule has 0 aromatic heterocycles. The van der Waals surface area contributed by atoms with Crippen molar-refractivity contribution in [3.05, 3.63) is 62.7 Å². The first-order valence-electron chi connectivity index (χ1n) is 6.65. The summed E-state index contributed by atoms with van der Waals surface area (Å²) in [4.78, 5) is 10.3. The molecule has 2 aromatic carbocycles. The first-order chi connectivity index (χ1) is 10.7. The lowest BCUT2D eigenvalue weighted by atomic mass is 10.2. The van der Waals surface area contributed by atoms with Crippen LogP contribution in [0, 0.1) is 24.0 Å². The molecule has 0 N–H and O–H groups in total. The molecule has 0 spiro atoms. The minimum atomic E-state index is -3.93. The molecule has 0 aliphatic carbocycles. The number of nitro benzene ring substituents is 1. The number of halogens is 1. The Morgan fingerprint density at radius 1 is 1.17 bits per heavy atom. The number of rotatable bonds is 4. The van der Waals surface area contributed by atoms with Crippen LogP contribution < -0.4 is 4.31 Å². The maximum absolute atomic E-state index is 12.7. The van der Waals surface area contributed by atoms with Crippen molar-refractivity contribution in [2.24, 2.45) is 0 Å². The van der Waals surface area contributed by atoms with Gasteiger partial charge in [-0.2, -0.15) is 0 Å². The molecule has 0 atom stereocenters. The Bertz CT molecular complexity index is 881. The van der Waals surface area contributed by atoms with Crippen molar-refractivity contribution in [1.82, 2.24) is 0 Å². The molecule has 23 heavy (non-hydrogen) atoms. The van der Waals surface area contributed by atoms with Gasteiger partial charge in [-0.15, -0.1) is 0 Å². The second-order valence-electron chi connectivity index (χ2n) is 5.06. The number of nitrogens with zero attached hydrogens (tertiary/aromatic N) is 2. The molecule has 0 amide bonds. The van der Waals surface area contributed by atoms with Gasteiger partial charge in [0.2, 0.25) is 0 Å². The number of anilines is 1. The van der Waals surface area contributed by atoms with Gasteiger partial charge in [0, 0.05) is 23.7 Å². The Labute approximate surface area is 139 Å². The second kappa shape index (κ2) is 6.17. The SMILES string of the molecule is Cc1ccc(S(=O)(=O)N(C)c2cccc(Cl)c2C)cc1[N+](=O)[O-]. The van der Waals surface area contributed by atoms with E-state index in [0.29, 0.717) is 21.8 Å². The van der Waals surface area contributed by atoms with Crippen LogP contribution in [0.5, 0.6) is 0 Å². The summed E-state index contributed by atoms with van der Waals surface area (Å²) in [7, 11) is -2.55. The van der Waals surface area contributed by atoms with Crippen LogP contribution in [-0.4, -0.2) is 20.4 Å². The number of sulfonamides is 1. The van der Waals surface area contributed by atoms with E-state index < -0.39 is 14.9 Å². The summed E-state index contributed by atoms with van der Waals surface area (Å²) >= 11 is 6.03. The topological polar surface area (TPSA) is 80.5 Å². The Kier molecular flexibility index (Phi) is 4.63. The molecular weight excluding hydrogens is 340 g/mol. The smallest absolute Gasteiger partial charge is 0.269 e. The van der Waals surface area contributed by atoms with Gasteiger partial charge >= 0.3 is 0 Å². The predicted octanol–water partition coefficient (Wildman–Crippen LogP) is 3.69. The molecule has 0 aliphatic rings. The molecule has 6 nitrogen and oxygen atoms in total. The van der Waals surface area contributed by atoms with Gasteiger partial charge in [0.25, 0.3) is 15.7 Å². The summed E-state index contributed by atoms with van der Waals surface area (Å²) in [5.41, 5.74) is 1.19. The number of benzene rings is 2. The fraction of sp³-hybridized carbons (Fsp3) is 0.200. The van der Waals surface area contributed by atoms with Crippen LogP contribution in [0.25, 0.3) is 0 Å². The normalized spacial score (nSPS) is 11.3. The number of hydrogen-bond acceptors (Lipinski definition) is 4. The highest BCUT2D eigenvalue weighted by molar-refractivity contribution is 7.92. The average molecular weight is 355 g/mol. The van der Waals surface area contributed by atoms with Crippen molar-refractivity contribution in [2.75, 3.05) is 11.4 Å². The van der Waals surface area contributed by atoms with Gasteiger partial charge < -0.3 is 0 Å². The summed E-state index contributed by atoms with van der Waals surface area (Å²) in [6.07, 6.45) is 0. The predicted molar refractivity (Wildman–Crippen MR) is 89.6 cm³/mol. The van der Waals surface area contributed by atoms with E-state index in [4.69, 9.17) is 11.6 Å². The quantitative estimate of drug-likeness (QED) is 0.619. The third kappa shape index (κ3) is 3.16. The first-order valence-corrected chi connectivity index (χ1v) is 8.47. The molecule has 0 saturated heterocycles. The molecule has 0 fully saturated rings. The average Bonchev–Trinajstić information content (AvgIpc) is 2.49. The van der Waals surface area contributed by atoms with Gasteiger partial charge in [-0.3, -0.25) is 14.4 Å². The lowest BCUT2D eigenvalue weighted by molar-refractivity contribution is -0.385. The van der Waals surface area contributed by atoms with E-state index in [0.717, 1.165) is 10.4 Å². The van der Waals surface area contributed by atoms with Crippen LogP contribution >= 0.6 is 11.6 Å². The molecule has 2 rings (SSSR count). The monoisotopic (exact) mass is 354 g/mol. The summed E-state index contributed by atoms with van der Waals surface area (Å²) < 4.78 is 26.6. The van der Waals surface area contributed by atoms with E-state index in [-0.39, 0.29) is 10.6 Å². The molecule has 0 heterocycles. The van der Waals surface area contributed by atoms with Gasteiger partial charge in [-0.1, -0.05) is 23.7 Å². The fourth-order valence-corrected chi connectivity index (χ4v) is 3.61. The van der Waals surface area contributed by atoms with Crippen molar-refractivity contribution >= 4 is 33.0 Å². The van der Waals surface area contributed by atoms with Gasteiger partial charge in [-0.05, 0) is 37.6 Å². The van der Waals surface area contributed by atoms with Crippen LogP contribution in [0.4, 0.5) is 11.4 Å². The zero-order valence-electron chi connectivity index (χ0n) is 12.8. The van der Waals surface area contributed by atoms with Crippen LogP contribution in [0.15, 0.2) is 41.3 Å². The van der Waals surface area contributed by atoms with Gasteiger partial charge in [0.1, 0.15) is 0 Å². The molecule has 122 valence electrons. The summed E-state index contributed by atoms with van der Waals surface area (Å²) in [6, 6.07) is 8.78. The van der Waals surface area contributed by atoms with Crippen molar-refractivity contribution < 1.29 is 13.3 Å². The second-order valence-corrected chi connectivity index (χ2v) is 7.44. The van der Waals surface area contributed by atoms with Crippen LogP contribution in [0.1, 0.15) is 11.1 Å². The molecule has 0 unspecified atom stereocenters. The minimum absolute atomic E-state index is 0.142. The lowest BCUT2D eigenvalue weighted by Gasteiger charge is -2.22. The Morgan fingerprint density at radius 3 is 2.43 bits per heavy atom. The zero-order chi connectivity index (χ0) is 17.4. The van der Waals surface area contributed by atoms with E-state index >= 15 is 0 Å². The van der Waals surface area contributed by atoms with Crippen molar-refractivity contribution in [1.29, 1.82) is 0 Å². The Hall–Kier alpha value is -2.12. The molecule has 0 aliphatic heterocycles. The van der Waals surface area contributed by atoms with Gasteiger partial charge in [0.15, 0.2) is 0 Å². The molecule has 2 aromatic rings. The number of hydrogen-bond donors (Lipinski definition) is 0. The van der Waals surface area contributed by atoms with E-state index in [1.165, 1.54) is 19.2 Å². The van der Waals surface area contributed by atoms with Crippen LogP contribution in [0.2, 0.25) is 5.02 Å². The van der Waals surface area contributed by atoms with Crippen LogP contribution in [0.3, 0.4) is 0 Å². The molecule has 8 heteroatoms. The van der Waals surface area contributed by atoms with E-state index in [9.17, 15) is 18.5 Å². The highest BCUT2D eigenvalue weighted by Gasteiger charge is 2.25. The fourth-order valence-electron chi connectivity index (χ4n) is 2.17. The molecular formula is C15H15ClN2O4S. The highest BCUT2D eigenvalue weighted by atomic mass is 35.5. The molecule has 0 radical (unpaired) electrons. The summed E-state index contributed by atoms with van der Waals surface area (Å²) in [5, 5.41) is 11.5. The summed E-state index contributed by atoms with van der Waals surface area (Å²) in [5.74, 6) is 0. The molecule has 0 bridgehead atoms. The van der Waals surface area contributed by atoms with Crippen LogP contribution in [-0.2, 0) is 10.0 Å². The number of aryl methyl sites for hydroxylation is 1. The summed E-state index contributed by atoms with van der Waals surface area (Å²) in [6.45, 7) is 3.26. The third-order valence-electron chi connectivity index (χ3n) is 3.61. The van der Waals surface area contributed by atoms with E-state index in [2.05, 4.69) is 0 Å². The van der Waals surface area contributed by atoms with Gasteiger partial charge in [0.05, 0.1) is 15.5 Å². The van der Waals surface area contributed by atoms with E-state index in [1.807, 2.05) is 0 Å². The van der Waals surface area contributed by atoms with Crippen molar-refractivity contribution in [3.63, 3.8) is 0 Å². The van der Waals surface area contributed by atoms with Gasteiger partial charge in [-0.25, -0.2) is 8.42 Å². The van der Waals surface area contributed by atoms with E-state index in [1.54, 1.807) is 32.0 Å². The first kappa shape index (κ1) is 17.2. The van der Waals surface area contributed by atoms with Crippen molar-refractivity contribution in [2.45, 2.75) is 18.7 Å². The van der Waals surface area contributed by atoms with Crippen molar-refractivity contribution in [3.8, 4) is 0 Å². The standard InChI is InChI=1S/C15H15ClN2O4S/c1-10-7-8-12(9-15(10)18(19)20)23(21,22)17(3)14-6-4-5-13(16)11(14)2/h4-9H,1-3H3. The Morgan fingerprint density at radius 2 is 1.83 bits per heavy atom. The minimum Gasteiger partial charge on any atom is -0.269 e. The maximum atomic E-state index is 12.7. The number of nitro groups is 1. The third-order valence-corrected chi connectivity index (χ3v) is 5.79.